The van der Waals surface area contributed by atoms with Crippen LogP contribution in [0.25, 0.3) is 11.8 Å². The van der Waals surface area contributed by atoms with Crippen LogP contribution in [-0.4, -0.2) is 9.78 Å². The summed E-state index contributed by atoms with van der Waals surface area (Å²) in [7, 11) is 0. The molecule has 0 aliphatic rings. The van der Waals surface area contributed by atoms with Gasteiger partial charge in [-0.2, -0.15) is 15.6 Å². The molecule has 2 aromatic rings. The largest absolute Gasteiger partial charge is 0.382 e. The highest BCUT2D eigenvalue weighted by molar-refractivity contribution is 5.56. The first kappa shape index (κ1) is 11.4. The first-order valence-corrected chi connectivity index (χ1v) is 5.16. The summed E-state index contributed by atoms with van der Waals surface area (Å²) in [5.41, 5.74) is 7.81. The van der Waals surface area contributed by atoms with Crippen LogP contribution in [0.3, 0.4) is 0 Å². The summed E-state index contributed by atoms with van der Waals surface area (Å²) in [6, 6.07) is 11.2. The highest BCUT2D eigenvalue weighted by Gasteiger charge is 2.07. The van der Waals surface area contributed by atoms with E-state index in [1.807, 2.05) is 36.4 Å². The molecule has 1 heterocycles. The molecule has 86 valence electrons. The van der Waals surface area contributed by atoms with E-state index in [9.17, 15) is 0 Å². The van der Waals surface area contributed by atoms with Crippen LogP contribution in [0.1, 0.15) is 11.1 Å². The molecule has 0 bridgehead atoms. The van der Waals surface area contributed by atoms with Crippen LogP contribution in [0.5, 0.6) is 0 Å². The standard InChI is InChI=1S/C13H9N5/c14-7-1-2-10-3-5-12(6-4-10)18-13(16)11(8-15)9-17-18/h1-6,9H,16H2. The van der Waals surface area contributed by atoms with Crippen LogP contribution in [-0.2, 0) is 0 Å². The van der Waals surface area contributed by atoms with Crippen LogP contribution >= 0.6 is 0 Å². The fourth-order valence-corrected chi connectivity index (χ4v) is 1.51. The molecule has 5 nitrogen and oxygen atoms in total. The zero-order chi connectivity index (χ0) is 13.0. The Kier molecular flexibility index (Phi) is 3.08. The van der Waals surface area contributed by atoms with E-state index in [0.29, 0.717) is 11.4 Å². The summed E-state index contributed by atoms with van der Waals surface area (Å²) in [6.45, 7) is 0. The van der Waals surface area contributed by atoms with E-state index >= 15 is 0 Å². The Balaban J connectivity index is 2.35. The molecule has 2 N–H and O–H groups in total. The minimum atomic E-state index is 0.317. The van der Waals surface area contributed by atoms with Crippen molar-refractivity contribution in [3.8, 4) is 17.8 Å². The normalized spacial score (nSPS) is 10.1. The Labute approximate surface area is 104 Å². The Morgan fingerprint density at radius 1 is 1.22 bits per heavy atom. The van der Waals surface area contributed by atoms with Gasteiger partial charge in [-0.1, -0.05) is 12.1 Å². The topological polar surface area (TPSA) is 91.4 Å². The van der Waals surface area contributed by atoms with Gasteiger partial charge < -0.3 is 5.73 Å². The van der Waals surface area contributed by atoms with E-state index in [1.165, 1.54) is 17.0 Å². The van der Waals surface area contributed by atoms with Crippen molar-refractivity contribution in [2.45, 2.75) is 0 Å². The van der Waals surface area contributed by atoms with Gasteiger partial charge in [0.15, 0.2) is 0 Å². The van der Waals surface area contributed by atoms with E-state index in [2.05, 4.69) is 5.10 Å². The van der Waals surface area contributed by atoms with Gasteiger partial charge in [0.25, 0.3) is 0 Å². The van der Waals surface area contributed by atoms with E-state index in [-0.39, 0.29) is 0 Å². The minimum absolute atomic E-state index is 0.317. The van der Waals surface area contributed by atoms with Crippen LogP contribution in [0, 0.1) is 22.7 Å². The molecule has 1 aromatic carbocycles. The number of nitriles is 2. The lowest BCUT2D eigenvalue weighted by molar-refractivity contribution is 0.891. The fraction of sp³-hybridized carbons (Fsp3) is 0. The van der Waals surface area contributed by atoms with Crippen LogP contribution < -0.4 is 5.73 Å². The second-order valence-electron chi connectivity index (χ2n) is 3.52. The predicted octanol–water partition coefficient (Wildman–Crippen LogP) is 1.86. The maximum atomic E-state index is 8.80. The van der Waals surface area contributed by atoms with Crippen molar-refractivity contribution in [1.29, 1.82) is 10.5 Å². The lowest BCUT2D eigenvalue weighted by Crippen LogP contribution is -2.02. The third-order valence-electron chi connectivity index (χ3n) is 2.41. The molecule has 0 saturated carbocycles. The Hall–Kier alpha value is -3.05. The molecule has 5 heteroatoms. The molecule has 2 rings (SSSR count). The zero-order valence-electron chi connectivity index (χ0n) is 9.41. The molecule has 1 aromatic heterocycles. The van der Waals surface area contributed by atoms with Gasteiger partial charge in [-0.05, 0) is 23.8 Å². The third kappa shape index (κ3) is 2.06. The number of hydrogen-bond acceptors (Lipinski definition) is 4. The lowest BCUT2D eigenvalue weighted by atomic mass is 10.2. The summed E-state index contributed by atoms with van der Waals surface area (Å²) in [5.74, 6) is 0.317. The minimum Gasteiger partial charge on any atom is -0.382 e. The first-order chi connectivity index (χ1) is 8.76. The van der Waals surface area contributed by atoms with Gasteiger partial charge in [-0.25, -0.2) is 4.68 Å². The number of nitrogen functional groups attached to an aromatic ring is 1. The Morgan fingerprint density at radius 3 is 2.50 bits per heavy atom. The monoisotopic (exact) mass is 235 g/mol. The van der Waals surface area contributed by atoms with Crippen molar-refractivity contribution >= 4 is 11.9 Å². The molecule has 0 atom stereocenters. The smallest absolute Gasteiger partial charge is 0.145 e. The van der Waals surface area contributed by atoms with Gasteiger partial charge in [-0.3, -0.25) is 0 Å². The second-order valence-corrected chi connectivity index (χ2v) is 3.52. The fourth-order valence-electron chi connectivity index (χ4n) is 1.51. The summed E-state index contributed by atoms with van der Waals surface area (Å²) in [5, 5.41) is 21.3. The molecule has 0 aliphatic heterocycles. The van der Waals surface area contributed by atoms with Crippen molar-refractivity contribution in [2.24, 2.45) is 0 Å². The molecule has 0 saturated heterocycles. The second kappa shape index (κ2) is 4.86. The van der Waals surface area contributed by atoms with E-state index in [1.54, 1.807) is 6.08 Å². The Morgan fingerprint density at radius 2 is 1.94 bits per heavy atom. The summed E-state index contributed by atoms with van der Waals surface area (Å²) in [6.07, 6.45) is 4.54. The van der Waals surface area contributed by atoms with Crippen LogP contribution in [0.2, 0.25) is 0 Å². The maximum Gasteiger partial charge on any atom is 0.145 e. The van der Waals surface area contributed by atoms with Crippen molar-refractivity contribution in [2.75, 3.05) is 5.73 Å². The number of benzene rings is 1. The number of aromatic nitrogens is 2. The maximum absolute atomic E-state index is 8.80. The lowest BCUT2D eigenvalue weighted by Gasteiger charge is -2.04. The quantitative estimate of drug-likeness (QED) is 0.804. The zero-order valence-corrected chi connectivity index (χ0v) is 9.41. The SMILES string of the molecule is N#CC=Cc1ccc(-n2ncc(C#N)c2N)cc1. The van der Waals surface area contributed by atoms with Crippen molar-refractivity contribution in [3.63, 3.8) is 0 Å². The highest BCUT2D eigenvalue weighted by atomic mass is 15.3. The molecular weight excluding hydrogens is 226 g/mol. The average Bonchev–Trinajstić information content (AvgIpc) is 2.78. The Bertz CT molecular complexity index is 665. The third-order valence-corrected chi connectivity index (χ3v) is 2.41. The van der Waals surface area contributed by atoms with Gasteiger partial charge in [0, 0.05) is 6.08 Å². The summed E-state index contributed by atoms with van der Waals surface area (Å²) >= 11 is 0. The number of rotatable bonds is 2. The molecule has 0 fully saturated rings. The van der Waals surface area contributed by atoms with Gasteiger partial charge in [0.05, 0.1) is 18.0 Å². The van der Waals surface area contributed by atoms with Crippen molar-refractivity contribution < 1.29 is 0 Å². The molecule has 0 aliphatic carbocycles. The van der Waals surface area contributed by atoms with Crippen molar-refractivity contribution in [3.05, 3.63) is 47.7 Å². The molecule has 0 amide bonds. The van der Waals surface area contributed by atoms with Crippen LogP contribution in [0.4, 0.5) is 5.82 Å². The van der Waals surface area contributed by atoms with Crippen LogP contribution in [0.15, 0.2) is 36.5 Å². The number of nitrogens with two attached hydrogens (primary N) is 1. The predicted molar refractivity (Wildman–Crippen MR) is 67.3 cm³/mol. The average molecular weight is 235 g/mol. The molecule has 18 heavy (non-hydrogen) atoms. The number of anilines is 1. The summed E-state index contributed by atoms with van der Waals surface area (Å²) < 4.78 is 1.50. The number of allylic oxidation sites excluding steroid dienone is 1. The molecular formula is C13H9N5. The van der Waals surface area contributed by atoms with E-state index < -0.39 is 0 Å². The van der Waals surface area contributed by atoms with Gasteiger partial charge in [0.2, 0.25) is 0 Å². The van der Waals surface area contributed by atoms with Crippen molar-refractivity contribution in [1.82, 2.24) is 9.78 Å². The van der Waals surface area contributed by atoms with E-state index in [0.717, 1.165) is 11.3 Å². The summed E-state index contributed by atoms with van der Waals surface area (Å²) in [4.78, 5) is 0. The highest BCUT2D eigenvalue weighted by Crippen LogP contribution is 2.17. The van der Waals surface area contributed by atoms with Gasteiger partial charge in [0.1, 0.15) is 17.5 Å². The molecule has 0 spiro atoms. The van der Waals surface area contributed by atoms with E-state index in [4.69, 9.17) is 16.3 Å². The van der Waals surface area contributed by atoms with Gasteiger partial charge >= 0.3 is 0 Å². The van der Waals surface area contributed by atoms with Gasteiger partial charge in [-0.15, -0.1) is 0 Å². The molecule has 0 radical (unpaired) electrons. The molecule has 0 unspecified atom stereocenters. The number of nitrogens with zero attached hydrogens (tertiary/aromatic N) is 4. The number of hydrogen-bond donors (Lipinski definition) is 1. The first-order valence-electron chi connectivity index (χ1n) is 5.16.